The van der Waals surface area contributed by atoms with Gasteiger partial charge in [-0.15, -0.1) is 0 Å². The number of hydrogen-bond donors (Lipinski definition) is 1. The van der Waals surface area contributed by atoms with E-state index in [0.29, 0.717) is 12.1 Å². The highest BCUT2D eigenvalue weighted by Crippen LogP contribution is 2.22. The fraction of sp³-hybridized carbons (Fsp3) is 0.375. The van der Waals surface area contributed by atoms with E-state index in [0.717, 1.165) is 23.9 Å². The molecule has 1 aromatic carbocycles. The largest absolute Gasteiger partial charge is 0.393 e. The number of nitrogens with zero attached hydrogens (tertiary/aromatic N) is 2. The summed E-state index contributed by atoms with van der Waals surface area (Å²) in [7, 11) is 0. The Bertz CT molecular complexity index is 639. The first kappa shape index (κ1) is 13.1. The molecule has 1 saturated heterocycles. The van der Waals surface area contributed by atoms with Crippen LogP contribution in [0.5, 0.6) is 0 Å². The molecule has 0 radical (unpaired) electrons. The van der Waals surface area contributed by atoms with E-state index >= 15 is 0 Å². The molecule has 4 nitrogen and oxygen atoms in total. The van der Waals surface area contributed by atoms with E-state index in [4.69, 9.17) is 0 Å². The van der Waals surface area contributed by atoms with Crippen molar-refractivity contribution in [2.75, 3.05) is 13.1 Å². The Labute approximate surface area is 118 Å². The van der Waals surface area contributed by atoms with Gasteiger partial charge >= 0.3 is 0 Å². The number of hydrogen-bond acceptors (Lipinski definition) is 3. The maximum absolute atomic E-state index is 12.5. The highest BCUT2D eigenvalue weighted by molar-refractivity contribution is 5.98. The number of rotatable bonds is 2. The second kappa shape index (κ2) is 5.21. The number of likely N-dealkylation sites (tertiary alicyclic amines) is 1. The van der Waals surface area contributed by atoms with Gasteiger partial charge < -0.3 is 10.0 Å². The summed E-state index contributed by atoms with van der Waals surface area (Å²) in [4.78, 5) is 18.6. The molecule has 1 aliphatic heterocycles. The quantitative estimate of drug-likeness (QED) is 0.909. The zero-order chi connectivity index (χ0) is 14.1. The standard InChI is InChI=1S/C16H18N2O2/c1-11(19)14-6-8-18(10-14)16(20)13-4-5-15-12(9-13)3-2-7-17-15/h2-5,7,9,11,14,19H,6,8,10H2,1H3. The number of carbonyl (C=O) groups excluding carboxylic acids is 1. The molecule has 2 unspecified atom stereocenters. The number of amides is 1. The second-order valence-electron chi connectivity index (χ2n) is 5.45. The molecule has 1 amide bonds. The zero-order valence-electron chi connectivity index (χ0n) is 11.5. The molecule has 0 spiro atoms. The third kappa shape index (κ3) is 2.39. The molecule has 2 atom stereocenters. The van der Waals surface area contributed by atoms with E-state index in [1.807, 2.05) is 35.2 Å². The van der Waals surface area contributed by atoms with Crippen molar-refractivity contribution in [3.8, 4) is 0 Å². The van der Waals surface area contributed by atoms with Crippen molar-refractivity contribution in [1.29, 1.82) is 0 Å². The molecule has 104 valence electrons. The molecule has 0 bridgehead atoms. The zero-order valence-corrected chi connectivity index (χ0v) is 11.5. The molecule has 0 aliphatic carbocycles. The summed E-state index contributed by atoms with van der Waals surface area (Å²) >= 11 is 0. The predicted octanol–water partition coefficient (Wildman–Crippen LogP) is 2.08. The topological polar surface area (TPSA) is 53.4 Å². The summed E-state index contributed by atoms with van der Waals surface area (Å²) < 4.78 is 0. The smallest absolute Gasteiger partial charge is 0.253 e. The number of benzene rings is 1. The van der Waals surface area contributed by atoms with E-state index in [9.17, 15) is 9.90 Å². The lowest BCUT2D eigenvalue weighted by molar-refractivity contribution is 0.0762. The Hall–Kier alpha value is -1.94. The predicted molar refractivity (Wildman–Crippen MR) is 77.4 cm³/mol. The molecule has 20 heavy (non-hydrogen) atoms. The van der Waals surface area contributed by atoms with Crippen molar-refractivity contribution in [3.63, 3.8) is 0 Å². The monoisotopic (exact) mass is 270 g/mol. The number of aromatic nitrogens is 1. The van der Waals surface area contributed by atoms with Gasteiger partial charge in [-0.2, -0.15) is 0 Å². The lowest BCUT2D eigenvalue weighted by Crippen LogP contribution is -2.30. The average Bonchev–Trinajstić information content (AvgIpc) is 2.96. The minimum Gasteiger partial charge on any atom is -0.393 e. The van der Waals surface area contributed by atoms with Gasteiger partial charge in [0.25, 0.3) is 5.91 Å². The average molecular weight is 270 g/mol. The summed E-state index contributed by atoms with van der Waals surface area (Å²) in [6.07, 6.45) is 2.27. The number of carbonyl (C=O) groups is 1. The molecule has 1 fully saturated rings. The minimum absolute atomic E-state index is 0.0407. The summed E-state index contributed by atoms with van der Waals surface area (Å²) in [6, 6.07) is 9.43. The van der Waals surface area contributed by atoms with Gasteiger partial charge in [0.1, 0.15) is 0 Å². The van der Waals surface area contributed by atoms with Crippen molar-refractivity contribution in [2.45, 2.75) is 19.4 Å². The number of fused-ring (bicyclic) bond motifs is 1. The van der Waals surface area contributed by atoms with Crippen LogP contribution in [0.25, 0.3) is 10.9 Å². The lowest BCUT2D eigenvalue weighted by atomic mass is 10.0. The van der Waals surface area contributed by atoms with Gasteiger partial charge in [0.2, 0.25) is 0 Å². The van der Waals surface area contributed by atoms with E-state index in [2.05, 4.69) is 4.98 Å². The highest BCUT2D eigenvalue weighted by atomic mass is 16.3. The second-order valence-corrected chi connectivity index (χ2v) is 5.45. The minimum atomic E-state index is -0.353. The fourth-order valence-corrected chi connectivity index (χ4v) is 2.76. The molecule has 1 N–H and O–H groups in total. The van der Waals surface area contributed by atoms with Crippen LogP contribution in [0, 0.1) is 5.92 Å². The highest BCUT2D eigenvalue weighted by Gasteiger charge is 2.29. The van der Waals surface area contributed by atoms with Crippen LogP contribution in [0.15, 0.2) is 36.5 Å². The molecule has 3 rings (SSSR count). The van der Waals surface area contributed by atoms with Crippen molar-refractivity contribution in [2.24, 2.45) is 5.92 Å². The van der Waals surface area contributed by atoms with Crippen molar-refractivity contribution < 1.29 is 9.90 Å². The van der Waals surface area contributed by atoms with Gasteiger partial charge in [0, 0.05) is 36.2 Å². The van der Waals surface area contributed by atoms with Crippen molar-refractivity contribution in [3.05, 3.63) is 42.1 Å². The summed E-state index contributed by atoms with van der Waals surface area (Å²) in [5.41, 5.74) is 1.59. The SMILES string of the molecule is CC(O)C1CCN(C(=O)c2ccc3ncccc3c2)C1. The van der Waals surface area contributed by atoms with Gasteiger partial charge in [0.05, 0.1) is 11.6 Å². The molecular formula is C16H18N2O2. The molecule has 1 aliphatic rings. The first-order chi connectivity index (χ1) is 9.65. The van der Waals surface area contributed by atoms with E-state index in [1.165, 1.54) is 0 Å². The van der Waals surface area contributed by atoms with E-state index in [-0.39, 0.29) is 17.9 Å². The van der Waals surface area contributed by atoms with Gasteiger partial charge in [-0.1, -0.05) is 6.07 Å². The first-order valence-corrected chi connectivity index (χ1v) is 6.97. The Kier molecular flexibility index (Phi) is 3.40. The Morgan fingerprint density at radius 3 is 3.05 bits per heavy atom. The number of aliphatic hydroxyl groups excluding tert-OH is 1. The van der Waals surface area contributed by atoms with Crippen LogP contribution < -0.4 is 0 Å². The van der Waals surface area contributed by atoms with Crippen molar-refractivity contribution >= 4 is 16.8 Å². The van der Waals surface area contributed by atoms with Crippen LogP contribution in [0.3, 0.4) is 0 Å². The van der Waals surface area contributed by atoms with Gasteiger partial charge in [-0.05, 0) is 37.6 Å². The molecule has 2 heterocycles. The Morgan fingerprint density at radius 1 is 1.45 bits per heavy atom. The Balaban J connectivity index is 1.82. The third-order valence-electron chi connectivity index (χ3n) is 4.04. The van der Waals surface area contributed by atoms with Gasteiger partial charge in [-0.3, -0.25) is 9.78 Å². The van der Waals surface area contributed by atoms with E-state index in [1.54, 1.807) is 13.1 Å². The summed E-state index contributed by atoms with van der Waals surface area (Å²) in [5.74, 6) is 0.236. The van der Waals surface area contributed by atoms with Crippen LogP contribution in [-0.4, -0.2) is 40.1 Å². The maximum Gasteiger partial charge on any atom is 0.253 e. The number of aliphatic hydroxyl groups is 1. The summed E-state index contributed by atoms with van der Waals surface area (Å²) in [5, 5.41) is 10.6. The summed E-state index contributed by atoms with van der Waals surface area (Å²) in [6.45, 7) is 3.15. The normalized spacial score (nSPS) is 20.3. The molecule has 4 heteroatoms. The van der Waals surface area contributed by atoms with Crippen LogP contribution in [-0.2, 0) is 0 Å². The molecule has 0 saturated carbocycles. The van der Waals surface area contributed by atoms with Gasteiger partial charge in [0.15, 0.2) is 0 Å². The van der Waals surface area contributed by atoms with Crippen LogP contribution >= 0.6 is 0 Å². The van der Waals surface area contributed by atoms with Crippen LogP contribution in [0.4, 0.5) is 0 Å². The molecular weight excluding hydrogens is 252 g/mol. The third-order valence-corrected chi connectivity index (χ3v) is 4.04. The van der Waals surface area contributed by atoms with Crippen LogP contribution in [0.1, 0.15) is 23.7 Å². The van der Waals surface area contributed by atoms with Crippen LogP contribution in [0.2, 0.25) is 0 Å². The van der Waals surface area contributed by atoms with Gasteiger partial charge in [-0.25, -0.2) is 0 Å². The number of pyridine rings is 1. The van der Waals surface area contributed by atoms with E-state index < -0.39 is 0 Å². The molecule has 1 aromatic heterocycles. The Morgan fingerprint density at radius 2 is 2.30 bits per heavy atom. The lowest BCUT2D eigenvalue weighted by Gasteiger charge is -2.18. The maximum atomic E-state index is 12.5. The van der Waals surface area contributed by atoms with Crippen molar-refractivity contribution in [1.82, 2.24) is 9.88 Å². The molecule has 2 aromatic rings. The first-order valence-electron chi connectivity index (χ1n) is 6.97. The fourth-order valence-electron chi connectivity index (χ4n) is 2.76.